The van der Waals surface area contributed by atoms with Crippen LogP contribution >= 0.6 is 0 Å². The molecule has 1 heterocycles. The van der Waals surface area contributed by atoms with Crippen LogP contribution in [0.25, 0.3) is 0 Å². The van der Waals surface area contributed by atoms with Gasteiger partial charge in [0.1, 0.15) is 5.82 Å². The predicted octanol–water partition coefficient (Wildman–Crippen LogP) is 1.43. The first kappa shape index (κ1) is 15.0. The van der Waals surface area contributed by atoms with E-state index in [-0.39, 0.29) is 23.8 Å². The average Bonchev–Trinajstić information content (AvgIpc) is 2.95. The smallest absolute Gasteiger partial charge is 0.290 e. The summed E-state index contributed by atoms with van der Waals surface area (Å²) in [5.74, 6) is 0.673. The van der Waals surface area contributed by atoms with E-state index in [0.717, 1.165) is 44.3 Å². The predicted molar refractivity (Wildman–Crippen MR) is 75.3 cm³/mol. The van der Waals surface area contributed by atoms with Gasteiger partial charge < -0.3 is 10.4 Å². The van der Waals surface area contributed by atoms with Gasteiger partial charge in [-0.1, -0.05) is 26.2 Å². The quantitative estimate of drug-likeness (QED) is 0.735. The first-order chi connectivity index (χ1) is 9.69. The van der Waals surface area contributed by atoms with Gasteiger partial charge in [-0.25, -0.2) is 4.98 Å². The standard InChI is InChI=1S/C14H24N4O2/c1-2-6-11-16-12(18-17-11)13(20)15-9-14(10-19)7-4-3-5-8-14/h19H,2-10H2,1H3,(H,15,20)(H,16,17,18). The van der Waals surface area contributed by atoms with Gasteiger partial charge in [-0.3, -0.25) is 9.89 Å². The molecule has 0 unspecified atom stereocenters. The molecule has 1 aliphatic rings. The Balaban J connectivity index is 1.89. The normalized spacial score (nSPS) is 17.9. The van der Waals surface area contributed by atoms with Gasteiger partial charge in [0.05, 0.1) is 6.61 Å². The van der Waals surface area contributed by atoms with Gasteiger partial charge in [0.25, 0.3) is 5.91 Å². The van der Waals surface area contributed by atoms with Crippen molar-refractivity contribution in [2.24, 2.45) is 5.41 Å². The number of rotatable bonds is 6. The zero-order chi connectivity index (χ0) is 14.4. The second-order valence-electron chi connectivity index (χ2n) is 5.76. The first-order valence-electron chi connectivity index (χ1n) is 7.49. The summed E-state index contributed by atoms with van der Waals surface area (Å²) in [6.07, 6.45) is 7.16. The minimum atomic E-state index is -0.262. The zero-order valence-corrected chi connectivity index (χ0v) is 12.1. The van der Waals surface area contributed by atoms with Crippen LogP contribution in [-0.2, 0) is 6.42 Å². The van der Waals surface area contributed by atoms with Gasteiger partial charge in [-0.05, 0) is 19.3 Å². The van der Waals surface area contributed by atoms with Crippen LogP contribution in [0, 0.1) is 5.41 Å². The molecule has 2 rings (SSSR count). The summed E-state index contributed by atoms with van der Waals surface area (Å²) in [5.41, 5.74) is -0.156. The second kappa shape index (κ2) is 6.83. The van der Waals surface area contributed by atoms with Crippen molar-refractivity contribution < 1.29 is 9.90 Å². The van der Waals surface area contributed by atoms with Crippen LogP contribution in [0.4, 0.5) is 0 Å². The van der Waals surface area contributed by atoms with Crippen LogP contribution in [0.5, 0.6) is 0 Å². The van der Waals surface area contributed by atoms with Gasteiger partial charge in [-0.15, -0.1) is 5.10 Å². The maximum Gasteiger partial charge on any atom is 0.290 e. The Labute approximate surface area is 119 Å². The van der Waals surface area contributed by atoms with Crippen LogP contribution in [0.2, 0.25) is 0 Å². The van der Waals surface area contributed by atoms with Gasteiger partial charge >= 0.3 is 0 Å². The minimum absolute atomic E-state index is 0.127. The Kier molecular flexibility index (Phi) is 5.11. The van der Waals surface area contributed by atoms with Crippen molar-refractivity contribution >= 4 is 5.91 Å². The summed E-state index contributed by atoms with van der Waals surface area (Å²) in [6, 6.07) is 0. The van der Waals surface area contributed by atoms with Crippen LogP contribution in [0.1, 0.15) is 61.9 Å². The molecule has 0 aliphatic heterocycles. The molecule has 1 aromatic heterocycles. The maximum absolute atomic E-state index is 12.0. The molecule has 1 fully saturated rings. The summed E-state index contributed by atoms with van der Waals surface area (Å²) < 4.78 is 0. The van der Waals surface area contributed by atoms with Crippen molar-refractivity contribution in [3.63, 3.8) is 0 Å². The van der Waals surface area contributed by atoms with E-state index in [1.54, 1.807) is 0 Å². The molecule has 6 heteroatoms. The van der Waals surface area contributed by atoms with Crippen molar-refractivity contribution in [2.75, 3.05) is 13.2 Å². The Morgan fingerprint density at radius 3 is 2.80 bits per heavy atom. The third kappa shape index (κ3) is 3.56. The Bertz CT molecular complexity index is 438. The fourth-order valence-corrected chi connectivity index (χ4v) is 2.78. The Morgan fingerprint density at radius 2 is 2.15 bits per heavy atom. The number of aliphatic hydroxyl groups excluding tert-OH is 1. The van der Waals surface area contributed by atoms with E-state index < -0.39 is 0 Å². The SMILES string of the molecule is CCCc1nc(C(=O)NCC2(CO)CCCCC2)n[nH]1. The molecular formula is C14H24N4O2. The summed E-state index contributed by atoms with van der Waals surface area (Å²) in [6.45, 7) is 2.68. The van der Waals surface area contributed by atoms with Gasteiger partial charge in [0.2, 0.25) is 5.82 Å². The van der Waals surface area contributed by atoms with E-state index in [1.807, 2.05) is 0 Å². The largest absolute Gasteiger partial charge is 0.396 e. The topological polar surface area (TPSA) is 90.9 Å². The summed E-state index contributed by atoms with van der Waals surface area (Å²) in [7, 11) is 0. The molecule has 1 aliphatic carbocycles. The van der Waals surface area contributed by atoms with Crippen LogP contribution in [0.15, 0.2) is 0 Å². The lowest BCUT2D eigenvalue weighted by molar-refractivity contribution is 0.0713. The highest BCUT2D eigenvalue weighted by atomic mass is 16.3. The molecule has 1 amide bonds. The summed E-state index contributed by atoms with van der Waals surface area (Å²) in [5, 5.41) is 19.2. The van der Waals surface area contributed by atoms with Crippen LogP contribution in [0.3, 0.4) is 0 Å². The van der Waals surface area contributed by atoms with E-state index in [2.05, 4.69) is 27.4 Å². The molecular weight excluding hydrogens is 256 g/mol. The monoisotopic (exact) mass is 280 g/mol. The van der Waals surface area contributed by atoms with Crippen LogP contribution < -0.4 is 5.32 Å². The lowest BCUT2D eigenvalue weighted by Gasteiger charge is -2.35. The van der Waals surface area contributed by atoms with Gasteiger partial charge in [0, 0.05) is 18.4 Å². The van der Waals surface area contributed by atoms with E-state index in [4.69, 9.17) is 0 Å². The van der Waals surface area contributed by atoms with Crippen molar-refractivity contribution in [1.29, 1.82) is 0 Å². The number of aliphatic hydroxyl groups is 1. The van der Waals surface area contributed by atoms with Crippen molar-refractivity contribution in [1.82, 2.24) is 20.5 Å². The number of amides is 1. The van der Waals surface area contributed by atoms with Crippen LogP contribution in [-0.4, -0.2) is 39.3 Å². The molecule has 0 radical (unpaired) electrons. The number of aromatic nitrogens is 3. The van der Waals surface area contributed by atoms with Gasteiger partial charge in [-0.2, -0.15) is 0 Å². The van der Waals surface area contributed by atoms with E-state index in [9.17, 15) is 9.90 Å². The highest BCUT2D eigenvalue weighted by Gasteiger charge is 2.32. The number of H-pyrrole nitrogens is 1. The highest BCUT2D eigenvalue weighted by molar-refractivity contribution is 5.90. The number of hydrogen-bond acceptors (Lipinski definition) is 4. The molecule has 0 atom stereocenters. The number of nitrogens with one attached hydrogen (secondary N) is 2. The molecule has 0 saturated heterocycles. The molecule has 3 N–H and O–H groups in total. The Hall–Kier alpha value is -1.43. The fraction of sp³-hybridized carbons (Fsp3) is 0.786. The van der Waals surface area contributed by atoms with E-state index in [0.29, 0.717) is 6.54 Å². The highest BCUT2D eigenvalue weighted by Crippen LogP contribution is 2.35. The van der Waals surface area contributed by atoms with E-state index >= 15 is 0 Å². The third-order valence-electron chi connectivity index (χ3n) is 4.10. The molecule has 6 nitrogen and oxygen atoms in total. The molecule has 0 spiro atoms. The molecule has 20 heavy (non-hydrogen) atoms. The fourth-order valence-electron chi connectivity index (χ4n) is 2.78. The molecule has 1 aromatic rings. The number of aromatic amines is 1. The number of nitrogens with zero attached hydrogens (tertiary/aromatic N) is 2. The zero-order valence-electron chi connectivity index (χ0n) is 12.1. The number of hydrogen-bond donors (Lipinski definition) is 3. The summed E-state index contributed by atoms with van der Waals surface area (Å²) in [4.78, 5) is 16.2. The van der Waals surface area contributed by atoms with Gasteiger partial charge in [0.15, 0.2) is 0 Å². The minimum Gasteiger partial charge on any atom is -0.396 e. The number of carbonyl (C=O) groups is 1. The Morgan fingerprint density at radius 1 is 1.40 bits per heavy atom. The number of carbonyl (C=O) groups excluding carboxylic acids is 1. The molecule has 112 valence electrons. The number of aryl methyl sites for hydroxylation is 1. The first-order valence-corrected chi connectivity index (χ1v) is 7.49. The maximum atomic E-state index is 12.0. The van der Waals surface area contributed by atoms with Crippen molar-refractivity contribution in [3.05, 3.63) is 11.6 Å². The molecule has 1 saturated carbocycles. The van der Waals surface area contributed by atoms with E-state index in [1.165, 1.54) is 6.42 Å². The lowest BCUT2D eigenvalue weighted by Crippen LogP contribution is -2.41. The summed E-state index contributed by atoms with van der Waals surface area (Å²) >= 11 is 0. The molecule has 0 aromatic carbocycles. The second-order valence-corrected chi connectivity index (χ2v) is 5.76. The lowest BCUT2D eigenvalue weighted by atomic mass is 9.74. The molecule has 0 bridgehead atoms. The third-order valence-corrected chi connectivity index (χ3v) is 4.10. The van der Waals surface area contributed by atoms with Crippen molar-refractivity contribution in [2.45, 2.75) is 51.9 Å². The average molecular weight is 280 g/mol. The van der Waals surface area contributed by atoms with Crippen molar-refractivity contribution in [3.8, 4) is 0 Å².